The van der Waals surface area contributed by atoms with Gasteiger partial charge in [0, 0.05) is 29.2 Å². The van der Waals surface area contributed by atoms with Gasteiger partial charge in [0.15, 0.2) is 0 Å². The van der Waals surface area contributed by atoms with Crippen LogP contribution in [0.25, 0.3) is 16.9 Å². The monoisotopic (exact) mass is 341 g/mol. The van der Waals surface area contributed by atoms with E-state index in [2.05, 4.69) is 23.3 Å². The first-order chi connectivity index (χ1) is 12.6. The Hall–Kier alpha value is -3.40. The lowest BCUT2D eigenvalue weighted by Crippen LogP contribution is -2.13. The fourth-order valence-electron chi connectivity index (χ4n) is 3.01. The molecule has 0 fully saturated rings. The number of aryl methyl sites for hydroxylation is 2. The van der Waals surface area contributed by atoms with Crippen LogP contribution in [0.15, 0.2) is 73.1 Å². The third kappa shape index (κ3) is 3.09. The van der Waals surface area contributed by atoms with E-state index < -0.39 is 0 Å². The fraction of sp³-hybridized carbons (Fsp3) is 0.0909. The average Bonchev–Trinajstić information content (AvgIpc) is 3.05. The number of carbonyl (C=O) groups excluding carboxylic acids is 1. The van der Waals surface area contributed by atoms with Crippen LogP contribution < -0.4 is 5.32 Å². The molecule has 26 heavy (non-hydrogen) atoms. The van der Waals surface area contributed by atoms with E-state index in [-0.39, 0.29) is 5.91 Å². The van der Waals surface area contributed by atoms with E-state index >= 15 is 0 Å². The molecule has 0 aliphatic rings. The van der Waals surface area contributed by atoms with Crippen molar-refractivity contribution in [1.82, 2.24) is 9.38 Å². The molecule has 0 bridgehead atoms. The van der Waals surface area contributed by atoms with E-state index in [1.807, 2.05) is 78.3 Å². The largest absolute Gasteiger partial charge is 0.322 e. The van der Waals surface area contributed by atoms with Crippen molar-refractivity contribution >= 4 is 17.2 Å². The SMILES string of the molecule is Cc1ccn2cc(-c3cccc(NC(=O)c4ccccc4C)c3)nc2c1. The van der Waals surface area contributed by atoms with Gasteiger partial charge < -0.3 is 9.72 Å². The zero-order valence-corrected chi connectivity index (χ0v) is 14.7. The highest BCUT2D eigenvalue weighted by Gasteiger charge is 2.10. The Kier molecular flexibility index (Phi) is 4.01. The third-order valence-electron chi connectivity index (χ3n) is 4.42. The van der Waals surface area contributed by atoms with Crippen LogP contribution >= 0.6 is 0 Å². The van der Waals surface area contributed by atoms with Crippen molar-refractivity contribution in [2.75, 3.05) is 5.32 Å². The van der Waals surface area contributed by atoms with Gasteiger partial charge in [-0.3, -0.25) is 4.79 Å². The molecule has 4 nitrogen and oxygen atoms in total. The Morgan fingerprint density at radius 3 is 2.69 bits per heavy atom. The molecule has 0 spiro atoms. The lowest BCUT2D eigenvalue weighted by molar-refractivity contribution is 0.102. The lowest BCUT2D eigenvalue weighted by atomic mass is 10.1. The summed E-state index contributed by atoms with van der Waals surface area (Å²) >= 11 is 0. The van der Waals surface area contributed by atoms with Crippen LogP contribution in [0.4, 0.5) is 5.69 Å². The molecule has 0 radical (unpaired) electrons. The van der Waals surface area contributed by atoms with Crippen molar-refractivity contribution < 1.29 is 4.79 Å². The van der Waals surface area contributed by atoms with Gasteiger partial charge in [-0.25, -0.2) is 4.98 Å². The smallest absolute Gasteiger partial charge is 0.255 e. The van der Waals surface area contributed by atoms with E-state index in [9.17, 15) is 4.79 Å². The Bertz CT molecular complexity index is 1110. The molecule has 1 N–H and O–H groups in total. The first-order valence-electron chi connectivity index (χ1n) is 8.53. The minimum Gasteiger partial charge on any atom is -0.322 e. The van der Waals surface area contributed by atoms with Crippen molar-refractivity contribution in [2.45, 2.75) is 13.8 Å². The van der Waals surface area contributed by atoms with Crippen molar-refractivity contribution in [3.05, 3.63) is 89.7 Å². The van der Waals surface area contributed by atoms with Crippen LogP contribution in [0.5, 0.6) is 0 Å². The highest BCUT2D eigenvalue weighted by molar-refractivity contribution is 6.05. The molecule has 2 heterocycles. The number of benzene rings is 2. The van der Waals surface area contributed by atoms with Crippen LogP contribution in [0.2, 0.25) is 0 Å². The maximum Gasteiger partial charge on any atom is 0.255 e. The number of amides is 1. The summed E-state index contributed by atoms with van der Waals surface area (Å²) in [6, 6.07) is 19.4. The van der Waals surface area contributed by atoms with Gasteiger partial charge in [0.2, 0.25) is 0 Å². The van der Waals surface area contributed by atoms with Gasteiger partial charge in [-0.2, -0.15) is 0 Å². The number of imidazole rings is 1. The summed E-state index contributed by atoms with van der Waals surface area (Å²) in [6.07, 6.45) is 4.00. The Morgan fingerprint density at radius 2 is 1.85 bits per heavy atom. The second-order valence-corrected chi connectivity index (χ2v) is 6.45. The van der Waals surface area contributed by atoms with E-state index in [4.69, 9.17) is 0 Å². The number of hydrogen-bond acceptors (Lipinski definition) is 2. The molecule has 2 aromatic heterocycles. The van der Waals surface area contributed by atoms with Crippen molar-refractivity contribution in [1.29, 1.82) is 0 Å². The molecule has 1 amide bonds. The zero-order chi connectivity index (χ0) is 18.1. The molecule has 128 valence electrons. The van der Waals surface area contributed by atoms with Gasteiger partial charge in [0.1, 0.15) is 5.65 Å². The molecule has 0 aliphatic carbocycles. The van der Waals surface area contributed by atoms with Crippen LogP contribution in [0.1, 0.15) is 21.5 Å². The second-order valence-electron chi connectivity index (χ2n) is 6.45. The van der Waals surface area contributed by atoms with Gasteiger partial charge in [0.05, 0.1) is 5.69 Å². The predicted octanol–water partition coefficient (Wildman–Crippen LogP) is 4.87. The minimum absolute atomic E-state index is 0.106. The molecule has 2 aromatic carbocycles. The van der Waals surface area contributed by atoms with E-state index in [1.165, 1.54) is 5.56 Å². The quantitative estimate of drug-likeness (QED) is 0.578. The molecule has 4 aromatic rings. The highest BCUT2D eigenvalue weighted by atomic mass is 16.1. The van der Waals surface area contributed by atoms with E-state index in [0.29, 0.717) is 5.56 Å². The maximum absolute atomic E-state index is 12.5. The summed E-state index contributed by atoms with van der Waals surface area (Å²) in [7, 11) is 0. The number of anilines is 1. The number of rotatable bonds is 3. The van der Waals surface area contributed by atoms with Crippen molar-refractivity contribution in [3.63, 3.8) is 0 Å². The second kappa shape index (κ2) is 6.48. The minimum atomic E-state index is -0.106. The Balaban J connectivity index is 1.64. The van der Waals surface area contributed by atoms with E-state index in [1.54, 1.807) is 0 Å². The average molecular weight is 341 g/mol. The van der Waals surface area contributed by atoms with Crippen molar-refractivity contribution in [3.8, 4) is 11.3 Å². The molecular formula is C22H19N3O. The van der Waals surface area contributed by atoms with Gasteiger partial charge >= 0.3 is 0 Å². The standard InChI is InChI=1S/C22H19N3O/c1-15-10-11-25-14-20(24-21(25)12-15)17-7-5-8-18(13-17)23-22(26)19-9-4-3-6-16(19)2/h3-14H,1-2H3,(H,23,26). The highest BCUT2D eigenvalue weighted by Crippen LogP contribution is 2.23. The topological polar surface area (TPSA) is 46.4 Å². The van der Waals surface area contributed by atoms with Gasteiger partial charge in [-0.05, 0) is 55.3 Å². The first kappa shape index (κ1) is 16.1. The molecular weight excluding hydrogens is 322 g/mol. The Labute approximate surface area is 152 Å². The summed E-state index contributed by atoms with van der Waals surface area (Å²) in [5.74, 6) is -0.106. The number of fused-ring (bicyclic) bond motifs is 1. The number of carbonyl (C=O) groups is 1. The van der Waals surface area contributed by atoms with E-state index in [0.717, 1.165) is 28.2 Å². The lowest BCUT2D eigenvalue weighted by Gasteiger charge is -2.08. The third-order valence-corrected chi connectivity index (χ3v) is 4.42. The molecule has 0 unspecified atom stereocenters. The van der Waals surface area contributed by atoms with Crippen LogP contribution in [0.3, 0.4) is 0 Å². The van der Waals surface area contributed by atoms with Crippen LogP contribution in [-0.2, 0) is 0 Å². The summed E-state index contributed by atoms with van der Waals surface area (Å²) in [6.45, 7) is 3.99. The zero-order valence-electron chi connectivity index (χ0n) is 14.7. The van der Waals surface area contributed by atoms with Gasteiger partial charge in [0.25, 0.3) is 5.91 Å². The molecule has 0 aliphatic heterocycles. The summed E-state index contributed by atoms with van der Waals surface area (Å²) in [4.78, 5) is 17.2. The van der Waals surface area contributed by atoms with Crippen LogP contribution in [0, 0.1) is 13.8 Å². The Morgan fingerprint density at radius 1 is 1.00 bits per heavy atom. The predicted molar refractivity (Wildman–Crippen MR) is 104 cm³/mol. The number of pyridine rings is 1. The number of nitrogens with one attached hydrogen (secondary N) is 1. The molecule has 0 atom stereocenters. The molecule has 4 heteroatoms. The molecule has 4 rings (SSSR count). The van der Waals surface area contributed by atoms with Crippen molar-refractivity contribution in [2.24, 2.45) is 0 Å². The number of aromatic nitrogens is 2. The fourth-order valence-corrected chi connectivity index (χ4v) is 3.01. The number of hydrogen-bond donors (Lipinski definition) is 1. The maximum atomic E-state index is 12.5. The van der Waals surface area contributed by atoms with Gasteiger partial charge in [-0.1, -0.05) is 30.3 Å². The van der Waals surface area contributed by atoms with Crippen LogP contribution in [-0.4, -0.2) is 15.3 Å². The normalized spacial score (nSPS) is 10.8. The first-order valence-corrected chi connectivity index (χ1v) is 8.53. The molecule has 0 saturated carbocycles. The summed E-state index contributed by atoms with van der Waals surface area (Å²) in [5, 5.41) is 2.98. The number of nitrogens with zero attached hydrogens (tertiary/aromatic N) is 2. The summed E-state index contributed by atoms with van der Waals surface area (Å²) < 4.78 is 2.00. The van der Waals surface area contributed by atoms with Gasteiger partial charge in [-0.15, -0.1) is 0 Å². The summed E-state index contributed by atoms with van der Waals surface area (Å²) in [5.41, 5.74) is 6.32. The molecule has 0 saturated heterocycles.